The van der Waals surface area contributed by atoms with Crippen LogP contribution in [0, 0.1) is 6.92 Å². The summed E-state index contributed by atoms with van der Waals surface area (Å²) in [7, 11) is 0. The average Bonchev–Trinajstić information content (AvgIpc) is 2.96. The second-order valence-electron chi connectivity index (χ2n) is 6.40. The lowest BCUT2D eigenvalue weighted by molar-refractivity contribution is 0.0630. The van der Waals surface area contributed by atoms with Crippen LogP contribution in [0.4, 0.5) is 0 Å². The van der Waals surface area contributed by atoms with Crippen LogP contribution in [0.25, 0.3) is 0 Å². The van der Waals surface area contributed by atoms with E-state index in [1.54, 1.807) is 0 Å². The van der Waals surface area contributed by atoms with Gasteiger partial charge in [-0.2, -0.15) is 0 Å². The first kappa shape index (κ1) is 16.5. The normalized spacial score (nSPS) is 19.1. The van der Waals surface area contributed by atoms with Crippen LogP contribution in [0.1, 0.15) is 50.7 Å². The fraction of sp³-hybridized carbons (Fsp3) is 0.667. The van der Waals surface area contributed by atoms with Gasteiger partial charge in [0.05, 0.1) is 0 Å². The predicted octanol–water partition coefficient (Wildman–Crippen LogP) is 3.02. The molecule has 0 heterocycles. The summed E-state index contributed by atoms with van der Waals surface area (Å²) in [5.74, 6) is 5.99. The van der Waals surface area contributed by atoms with E-state index in [-0.39, 0.29) is 5.54 Å². The van der Waals surface area contributed by atoms with Gasteiger partial charge in [0.25, 0.3) is 0 Å². The van der Waals surface area contributed by atoms with Crippen molar-refractivity contribution in [2.75, 3.05) is 13.1 Å². The smallest absolute Gasteiger partial charge is 0.0435 e. The number of aryl methyl sites for hydroxylation is 1. The summed E-state index contributed by atoms with van der Waals surface area (Å²) < 4.78 is 0. The van der Waals surface area contributed by atoms with Crippen LogP contribution in [0.5, 0.6) is 0 Å². The van der Waals surface area contributed by atoms with Gasteiger partial charge in [0, 0.05) is 11.6 Å². The highest BCUT2D eigenvalue weighted by Crippen LogP contribution is 2.39. The second kappa shape index (κ2) is 7.39. The van der Waals surface area contributed by atoms with Gasteiger partial charge in [-0.25, -0.2) is 0 Å². The molecule has 0 aromatic heterocycles. The lowest BCUT2D eigenvalue weighted by Gasteiger charge is -2.46. The maximum atomic E-state index is 5.99. The molecule has 1 aromatic carbocycles. The molecule has 1 aliphatic rings. The Morgan fingerprint density at radius 1 is 1.24 bits per heavy atom. The number of nitrogens with one attached hydrogen (secondary N) is 1. The molecule has 0 radical (unpaired) electrons. The summed E-state index contributed by atoms with van der Waals surface area (Å²) in [5, 5.41) is 0. The lowest BCUT2D eigenvalue weighted by Crippen LogP contribution is -2.62. The first-order chi connectivity index (χ1) is 10.2. The molecular formula is C18H31N3. The van der Waals surface area contributed by atoms with Gasteiger partial charge < -0.3 is 0 Å². The Hall–Kier alpha value is -0.900. The van der Waals surface area contributed by atoms with Gasteiger partial charge in [-0.15, -0.1) is 0 Å². The maximum absolute atomic E-state index is 5.99. The van der Waals surface area contributed by atoms with Crippen LogP contribution >= 0.6 is 0 Å². The molecule has 1 aliphatic carbocycles. The molecule has 0 saturated heterocycles. The summed E-state index contributed by atoms with van der Waals surface area (Å²) in [4.78, 5) is 2.63. The number of nitrogens with zero attached hydrogens (tertiary/aromatic N) is 1. The Labute approximate surface area is 129 Å². The first-order valence-electron chi connectivity index (χ1n) is 8.43. The molecule has 1 atom stereocenters. The zero-order chi connectivity index (χ0) is 15.3. The summed E-state index contributed by atoms with van der Waals surface area (Å²) >= 11 is 0. The van der Waals surface area contributed by atoms with Crippen molar-refractivity contribution in [3.8, 4) is 0 Å². The molecular weight excluding hydrogens is 258 g/mol. The Morgan fingerprint density at radius 2 is 1.90 bits per heavy atom. The van der Waals surface area contributed by atoms with Crippen LogP contribution in [0.3, 0.4) is 0 Å². The van der Waals surface area contributed by atoms with E-state index in [9.17, 15) is 0 Å². The van der Waals surface area contributed by atoms with E-state index < -0.39 is 0 Å². The van der Waals surface area contributed by atoms with E-state index in [4.69, 9.17) is 5.84 Å². The van der Waals surface area contributed by atoms with Gasteiger partial charge in [0.1, 0.15) is 0 Å². The third-order valence-electron chi connectivity index (χ3n) is 5.23. The largest absolute Gasteiger partial charge is 0.297 e. The van der Waals surface area contributed by atoms with E-state index in [0.29, 0.717) is 6.04 Å². The summed E-state index contributed by atoms with van der Waals surface area (Å²) in [6.45, 7) is 8.89. The average molecular weight is 289 g/mol. The number of nitrogens with two attached hydrogens (primary N) is 1. The Balaban J connectivity index is 2.24. The molecule has 3 nitrogen and oxygen atoms in total. The molecule has 1 saturated carbocycles. The molecule has 3 N–H and O–H groups in total. The van der Waals surface area contributed by atoms with Gasteiger partial charge >= 0.3 is 0 Å². The molecule has 1 fully saturated rings. The van der Waals surface area contributed by atoms with Gasteiger partial charge in [-0.05, 0) is 44.8 Å². The lowest BCUT2D eigenvalue weighted by atomic mass is 9.82. The van der Waals surface area contributed by atoms with Crippen molar-refractivity contribution < 1.29 is 0 Å². The monoisotopic (exact) mass is 289 g/mol. The van der Waals surface area contributed by atoms with E-state index in [2.05, 4.69) is 55.4 Å². The number of hydrogen-bond donors (Lipinski definition) is 2. The third-order valence-corrected chi connectivity index (χ3v) is 5.23. The van der Waals surface area contributed by atoms with Gasteiger partial charge in [-0.1, -0.05) is 56.5 Å². The van der Waals surface area contributed by atoms with Crippen molar-refractivity contribution in [3.05, 3.63) is 35.4 Å². The van der Waals surface area contributed by atoms with Crippen molar-refractivity contribution in [2.45, 2.75) is 64.5 Å². The minimum atomic E-state index is 0.224. The minimum Gasteiger partial charge on any atom is -0.297 e. The molecule has 2 rings (SSSR count). The van der Waals surface area contributed by atoms with Crippen LogP contribution in [-0.2, 0) is 6.42 Å². The highest BCUT2D eigenvalue weighted by atomic mass is 15.3. The number of benzene rings is 1. The number of likely N-dealkylation sites (N-methyl/N-ethyl adjacent to an activating group) is 1. The Morgan fingerprint density at radius 3 is 2.43 bits per heavy atom. The zero-order valence-corrected chi connectivity index (χ0v) is 13.9. The zero-order valence-electron chi connectivity index (χ0n) is 13.9. The maximum Gasteiger partial charge on any atom is 0.0435 e. The molecule has 3 heteroatoms. The predicted molar refractivity (Wildman–Crippen MR) is 90.1 cm³/mol. The molecule has 1 unspecified atom stereocenters. The highest BCUT2D eigenvalue weighted by molar-refractivity contribution is 5.24. The van der Waals surface area contributed by atoms with E-state index >= 15 is 0 Å². The Kier molecular flexibility index (Phi) is 5.80. The molecule has 0 bridgehead atoms. The fourth-order valence-corrected chi connectivity index (χ4v) is 4.20. The minimum absolute atomic E-state index is 0.224. The van der Waals surface area contributed by atoms with Crippen LogP contribution in [0.15, 0.2) is 24.3 Å². The standard InChI is InChI=1S/C18H31N3/c1-4-21(5-2)18(11-6-7-12-18)17(20-19)14-16-10-8-9-15(3)13-16/h8-10,13,17,20H,4-7,11-12,14,19H2,1-3H3. The second-order valence-corrected chi connectivity index (χ2v) is 6.40. The van der Waals surface area contributed by atoms with Crippen molar-refractivity contribution in [2.24, 2.45) is 5.84 Å². The molecule has 0 spiro atoms. The molecule has 0 amide bonds. The van der Waals surface area contributed by atoms with Gasteiger partial charge in [-0.3, -0.25) is 16.2 Å². The topological polar surface area (TPSA) is 41.3 Å². The third kappa shape index (κ3) is 3.47. The van der Waals surface area contributed by atoms with Crippen LogP contribution < -0.4 is 11.3 Å². The van der Waals surface area contributed by atoms with E-state index in [1.165, 1.54) is 36.8 Å². The molecule has 0 aliphatic heterocycles. The summed E-state index contributed by atoms with van der Waals surface area (Å²) in [6.07, 6.45) is 6.17. The number of hydrogen-bond acceptors (Lipinski definition) is 3. The molecule has 118 valence electrons. The van der Waals surface area contributed by atoms with Crippen LogP contribution in [-0.4, -0.2) is 29.6 Å². The van der Waals surface area contributed by atoms with E-state index in [0.717, 1.165) is 19.5 Å². The summed E-state index contributed by atoms with van der Waals surface area (Å²) in [5.41, 5.74) is 6.10. The van der Waals surface area contributed by atoms with Crippen molar-refractivity contribution in [1.29, 1.82) is 0 Å². The van der Waals surface area contributed by atoms with Crippen molar-refractivity contribution in [1.82, 2.24) is 10.3 Å². The summed E-state index contributed by atoms with van der Waals surface area (Å²) in [6, 6.07) is 9.14. The molecule has 1 aromatic rings. The number of hydrazine groups is 1. The first-order valence-corrected chi connectivity index (χ1v) is 8.43. The van der Waals surface area contributed by atoms with Crippen molar-refractivity contribution >= 4 is 0 Å². The highest BCUT2D eigenvalue weighted by Gasteiger charge is 2.44. The van der Waals surface area contributed by atoms with Gasteiger partial charge in [0.2, 0.25) is 0 Å². The quantitative estimate of drug-likeness (QED) is 0.599. The fourth-order valence-electron chi connectivity index (χ4n) is 4.20. The SMILES string of the molecule is CCN(CC)C1(C(Cc2cccc(C)c2)NN)CCCC1. The Bertz CT molecular complexity index is 434. The van der Waals surface area contributed by atoms with Crippen molar-refractivity contribution in [3.63, 3.8) is 0 Å². The van der Waals surface area contributed by atoms with Gasteiger partial charge in [0.15, 0.2) is 0 Å². The molecule has 21 heavy (non-hydrogen) atoms. The number of rotatable bonds is 7. The van der Waals surface area contributed by atoms with E-state index in [1.807, 2.05) is 0 Å². The van der Waals surface area contributed by atoms with Crippen LogP contribution in [0.2, 0.25) is 0 Å².